The van der Waals surface area contributed by atoms with Crippen LogP contribution in [0.2, 0.25) is 0 Å². The van der Waals surface area contributed by atoms with Crippen LogP contribution in [-0.2, 0) is 6.61 Å². The van der Waals surface area contributed by atoms with E-state index in [4.69, 9.17) is 4.74 Å². The standard InChI is InChI=1S/C27H26FNO/c28-22-14-16-23(17-15-22)29-25-12-7-13-27(30-19-20-8-3-1-4-9-20)24(25)18-26(29)21-10-5-2-6-11-21/h1,3-4,7-9,12-18,21H,2,5-6,10-11,19H2. The van der Waals surface area contributed by atoms with Gasteiger partial charge in [0.15, 0.2) is 0 Å². The van der Waals surface area contributed by atoms with E-state index in [9.17, 15) is 4.39 Å². The lowest BCUT2D eigenvalue weighted by Gasteiger charge is -2.23. The number of aromatic nitrogens is 1. The number of ether oxygens (including phenoxy) is 1. The first-order valence-electron chi connectivity index (χ1n) is 10.9. The van der Waals surface area contributed by atoms with Crippen LogP contribution in [-0.4, -0.2) is 4.57 Å². The van der Waals surface area contributed by atoms with E-state index >= 15 is 0 Å². The molecule has 0 unspecified atom stereocenters. The Kier molecular flexibility index (Phi) is 5.27. The van der Waals surface area contributed by atoms with E-state index in [0.29, 0.717) is 12.5 Å². The Labute approximate surface area is 176 Å². The average molecular weight is 400 g/mol. The second-order valence-electron chi connectivity index (χ2n) is 8.18. The van der Waals surface area contributed by atoms with Crippen LogP contribution in [0.4, 0.5) is 4.39 Å². The van der Waals surface area contributed by atoms with Gasteiger partial charge in [0, 0.05) is 16.8 Å². The Morgan fingerprint density at radius 3 is 2.37 bits per heavy atom. The largest absolute Gasteiger partial charge is 0.488 e. The summed E-state index contributed by atoms with van der Waals surface area (Å²) >= 11 is 0. The minimum absolute atomic E-state index is 0.207. The monoisotopic (exact) mass is 399 g/mol. The minimum Gasteiger partial charge on any atom is -0.488 e. The van der Waals surface area contributed by atoms with Gasteiger partial charge in [0.25, 0.3) is 0 Å². The van der Waals surface area contributed by atoms with E-state index in [1.807, 2.05) is 42.5 Å². The summed E-state index contributed by atoms with van der Waals surface area (Å²) < 4.78 is 22.1. The van der Waals surface area contributed by atoms with Crippen LogP contribution in [0, 0.1) is 5.82 Å². The first-order valence-corrected chi connectivity index (χ1v) is 10.9. The van der Waals surface area contributed by atoms with Gasteiger partial charge in [0.2, 0.25) is 0 Å². The van der Waals surface area contributed by atoms with Crippen LogP contribution in [0.3, 0.4) is 0 Å². The molecule has 152 valence electrons. The zero-order chi connectivity index (χ0) is 20.3. The van der Waals surface area contributed by atoms with Gasteiger partial charge in [-0.3, -0.25) is 0 Å². The van der Waals surface area contributed by atoms with E-state index in [0.717, 1.165) is 27.9 Å². The maximum atomic E-state index is 13.6. The molecule has 0 aliphatic heterocycles. The lowest BCUT2D eigenvalue weighted by atomic mass is 9.87. The van der Waals surface area contributed by atoms with Gasteiger partial charge in [0.05, 0.1) is 5.52 Å². The maximum absolute atomic E-state index is 13.6. The fraction of sp³-hybridized carbons (Fsp3) is 0.259. The summed E-state index contributed by atoms with van der Waals surface area (Å²) in [6, 6.07) is 25.6. The van der Waals surface area contributed by atoms with Crippen molar-refractivity contribution in [3.05, 3.63) is 95.9 Å². The zero-order valence-electron chi connectivity index (χ0n) is 17.1. The number of rotatable bonds is 5. The van der Waals surface area contributed by atoms with Crippen LogP contribution >= 0.6 is 0 Å². The molecule has 3 aromatic carbocycles. The van der Waals surface area contributed by atoms with Gasteiger partial charge in [-0.1, -0.05) is 55.7 Å². The lowest BCUT2D eigenvalue weighted by molar-refractivity contribution is 0.310. The highest BCUT2D eigenvalue weighted by Crippen LogP contribution is 2.40. The van der Waals surface area contributed by atoms with Gasteiger partial charge < -0.3 is 9.30 Å². The summed E-state index contributed by atoms with van der Waals surface area (Å²) in [5.74, 6) is 1.22. The molecule has 1 aliphatic carbocycles. The summed E-state index contributed by atoms with van der Waals surface area (Å²) in [5, 5.41) is 1.12. The lowest BCUT2D eigenvalue weighted by Crippen LogP contribution is -2.10. The summed E-state index contributed by atoms with van der Waals surface area (Å²) in [6.45, 7) is 0.542. The van der Waals surface area contributed by atoms with Crippen molar-refractivity contribution in [2.24, 2.45) is 0 Å². The zero-order valence-corrected chi connectivity index (χ0v) is 17.1. The Bertz CT molecular complexity index is 1120. The normalized spacial score (nSPS) is 14.8. The SMILES string of the molecule is Fc1ccc(-n2c(C3CCCCC3)cc3c(OCc4ccccc4)cccc32)cc1. The predicted molar refractivity (Wildman–Crippen MR) is 120 cm³/mol. The highest BCUT2D eigenvalue weighted by atomic mass is 19.1. The summed E-state index contributed by atoms with van der Waals surface area (Å²) in [7, 11) is 0. The molecule has 0 bridgehead atoms. The Morgan fingerprint density at radius 1 is 0.833 bits per heavy atom. The molecule has 1 saturated carbocycles. The molecule has 3 heteroatoms. The molecular formula is C27H26FNO. The highest BCUT2D eigenvalue weighted by molar-refractivity contribution is 5.89. The molecule has 4 aromatic rings. The topological polar surface area (TPSA) is 14.2 Å². The van der Waals surface area contributed by atoms with Crippen LogP contribution < -0.4 is 4.74 Å². The molecule has 1 aromatic heterocycles. The molecule has 0 amide bonds. The Morgan fingerprint density at radius 2 is 1.60 bits per heavy atom. The molecule has 0 N–H and O–H groups in total. The first kappa shape index (κ1) is 18.9. The smallest absolute Gasteiger partial charge is 0.129 e. The summed E-state index contributed by atoms with van der Waals surface area (Å²) in [5.41, 5.74) is 4.59. The van der Waals surface area contributed by atoms with E-state index in [1.165, 1.54) is 37.8 Å². The third-order valence-corrected chi connectivity index (χ3v) is 6.18. The molecule has 1 fully saturated rings. The number of halogens is 1. The highest BCUT2D eigenvalue weighted by Gasteiger charge is 2.23. The molecule has 1 aliphatic rings. The van der Waals surface area contributed by atoms with Gasteiger partial charge >= 0.3 is 0 Å². The van der Waals surface area contributed by atoms with Crippen molar-refractivity contribution in [1.82, 2.24) is 4.57 Å². The fourth-order valence-electron chi connectivity index (χ4n) is 4.66. The summed E-state index contributed by atoms with van der Waals surface area (Å²) in [6.07, 6.45) is 6.27. The number of fused-ring (bicyclic) bond motifs is 1. The van der Waals surface area contributed by atoms with Crippen LogP contribution in [0.1, 0.15) is 49.3 Å². The van der Waals surface area contributed by atoms with Gasteiger partial charge in [-0.05, 0) is 66.8 Å². The summed E-state index contributed by atoms with van der Waals surface area (Å²) in [4.78, 5) is 0. The Balaban J connectivity index is 1.59. The van der Waals surface area contributed by atoms with Crippen molar-refractivity contribution in [3.8, 4) is 11.4 Å². The molecule has 0 spiro atoms. The quantitative estimate of drug-likeness (QED) is 0.341. The van der Waals surface area contributed by atoms with E-state index in [1.54, 1.807) is 12.1 Å². The molecule has 5 rings (SSSR count). The van der Waals surface area contributed by atoms with Gasteiger partial charge in [0.1, 0.15) is 18.2 Å². The predicted octanol–water partition coefficient (Wildman–Crippen LogP) is 7.40. The van der Waals surface area contributed by atoms with Crippen molar-refractivity contribution in [2.45, 2.75) is 44.6 Å². The van der Waals surface area contributed by atoms with E-state index in [2.05, 4.69) is 28.8 Å². The molecule has 1 heterocycles. The fourth-order valence-corrected chi connectivity index (χ4v) is 4.66. The van der Waals surface area contributed by atoms with Gasteiger partial charge in [-0.2, -0.15) is 0 Å². The third-order valence-electron chi connectivity index (χ3n) is 6.18. The maximum Gasteiger partial charge on any atom is 0.129 e. The van der Waals surface area contributed by atoms with Crippen molar-refractivity contribution < 1.29 is 9.13 Å². The van der Waals surface area contributed by atoms with Crippen molar-refractivity contribution in [3.63, 3.8) is 0 Å². The van der Waals surface area contributed by atoms with Crippen molar-refractivity contribution in [1.29, 1.82) is 0 Å². The third kappa shape index (κ3) is 3.72. The van der Waals surface area contributed by atoms with E-state index < -0.39 is 0 Å². The van der Waals surface area contributed by atoms with Gasteiger partial charge in [-0.25, -0.2) is 4.39 Å². The Hall–Kier alpha value is -3.07. The molecule has 0 atom stereocenters. The number of hydrogen-bond donors (Lipinski definition) is 0. The molecule has 0 radical (unpaired) electrons. The van der Waals surface area contributed by atoms with Crippen LogP contribution in [0.25, 0.3) is 16.6 Å². The molecule has 0 saturated heterocycles. The van der Waals surface area contributed by atoms with E-state index in [-0.39, 0.29) is 5.82 Å². The second-order valence-corrected chi connectivity index (χ2v) is 8.18. The second kappa shape index (κ2) is 8.35. The minimum atomic E-state index is -0.207. The average Bonchev–Trinajstić information content (AvgIpc) is 3.20. The van der Waals surface area contributed by atoms with Crippen LogP contribution in [0.15, 0.2) is 78.9 Å². The molecular weight excluding hydrogens is 373 g/mol. The van der Waals surface area contributed by atoms with Gasteiger partial charge in [-0.15, -0.1) is 0 Å². The van der Waals surface area contributed by atoms with Crippen molar-refractivity contribution >= 4 is 10.9 Å². The number of benzene rings is 3. The molecule has 2 nitrogen and oxygen atoms in total. The number of nitrogens with zero attached hydrogens (tertiary/aromatic N) is 1. The number of hydrogen-bond acceptors (Lipinski definition) is 1. The van der Waals surface area contributed by atoms with Crippen molar-refractivity contribution in [2.75, 3.05) is 0 Å². The first-order chi connectivity index (χ1) is 14.8. The van der Waals surface area contributed by atoms with Crippen LogP contribution in [0.5, 0.6) is 5.75 Å². The molecule has 30 heavy (non-hydrogen) atoms.